The van der Waals surface area contributed by atoms with Gasteiger partial charge in [0, 0.05) is 6.42 Å². The lowest BCUT2D eigenvalue weighted by Gasteiger charge is -2.24. The Kier molecular flexibility index (Phi) is 37.1. The molecule has 3 unspecified atom stereocenters. The molecule has 0 bridgehead atoms. The lowest BCUT2D eigenvalue weighted by molar-refractivity contribution is -0.870. The highest BCUT2D eigenvalue weighted by atomic mass is 31.2. The summed E-state index contributed by atoms with van der Waals surface area (Å²) in [4.78, 5) is 22.8. The van der Waals surface area contributed by atoms with Gasteiger partial charge in [-0.1, -0.05) is 159 Å². The second-order valence-corrected chi connectivity index (χ2v) is 17.4. The van der Waals surface area contributed by atoms with E-state index in [0.717, 1.165) is 25.7 Å². The van der Waals surface area contributed by atoms with Crippen LogP contribution < -0.4 is 0 Å². The second kappa shape index (κ2) is 38.5. The third-order valence-corrected chi connectivity index (χ3v) is 10.2. The highest BCUT2D eigenvalue weighted by Gasteiger charge is 2.26. The van der Waals surface area contributed by atoms with Crippen molar-refractivity contribution in [2.45, 2.75) is 180 Å². The topological polar surface area (TPSA) is 112 Å². The van der Waals surface area contributed by atoms with Gasteiger partial charge in [0.1, 0.15) is 19.8 Å². The van der Waals surface area contributed by atoms with Crippen molar-refractivity contribution in [2.75, 3.05) is 47.5 Å². The Morgan fingerprint density at radius 1 is 0.661 bits per heavy atom. The predicted molar refractivity (Wildman–Crippen MR) is 234 cm³/mol. The minimum Gasteiger partial charge on any atom is -0.498 e. The molecular formula is C46H85NO8P+. The van der Waals surface area contributed by atoms with Crippen molar-refractivity contribution in [2.24, 2.45) is 0 Å². The number of esters is 1. The summed E-state index contributed by atoms with van der Waals surface area (Å²) in [6.07, 6.45) is 45.3. The molecule has 0 aliphatic heterocycles. The van der Waals surface area contributed by atoms with Gasteiger partial charge in [0.2, 0.25) is 0 Å². The molecule has 0 aliphatic rings. The van der Waals surface area contributed by atoms with E-state index in [0.29, 0.717) is 30.3 Å². The van der Waals surface area contributed by atoms with Gasteiger partial charge >= 0.3 is 13.8 Å². The number of allylic oxidation sites excluding steroid dienone is 7. The molecule has 0 saturated heterocycles. The monoisotopic (exact) mass is 811 g/mol. The van der Waals surface area contributed by atoms with E-state index in [9.17, 15) is 19.4 Å². The molecule has 0 spiro atoms. The molecular weight excluding hydrogens is 725 g/mol. The Labute approximate surface area is 343 Å². The van der Waals surface area contributed by atoms with Gasteiger partial charge < -0.3 is 24.0 Å². The highest BCUT2D eigenvalue weighted by Crippen LogP contribution is 2.43. The number of rotatable bonds is 40. The van der Waals surface area contributed by atoms with Crippen LogP contribution in [0.15, 0.2) is 60.9 Å². The fourth-order valence-corrected chi connectivity index (χ4v) is 6.45. The number of likely N-dealkylation sites (N-methyl/N-ethyl adjacent to an activating group) is 1. The van der Waals surface area contributed by atoms with Crippen LogP contribution in [0.4, 0.5) is 0 Å². The van der Waals surface area contributed by atoms with Crippen LogP contribution in [0.5, 0.6) is 0 Å². The first-order valence-corrected chi connectivity index (χ1v) is 23.7. The van der Waals surface area contributed by atoms with Gasteiger partial charge in [0.15, 0.2) is 6.10 Å². The van der Waals surface area contributed by atoms with E-state index in [4.69, 9.17) is 18.5 Å². The Morgan fingerprint density at radius 3 is 1.86 bits per heavy atom. The van der Waals surface area contributed by atoms with Crippen molar-refractivity contribution in [1.29, 1.82) is 0 Å². The summed E-state index contributed by atoms with van der Waals surface area (Å²) < 4.78 is 34.6. The summed E-state index contributed by atoms with van der Waals surface area (Å²) in [7, 11) is 1.56. The van der Waals surface area contributed by atoms with Crippen molar-refractivity contribution >= 4 is 13.8 Å². The minimum absolute atomic E-state index is 0.00726. The minimum atomic E-state index is -4.32. The first-order chi connectivity index (χ1) is 27.0. The second-order valence-electron chi connectivity index (χ2n) is 16.0. The summed E-state index contributed by atoms with van der Waals surface area (Å²) in [5.74, 6) is -0.417. The summed E-state index contributed by atoms with van der Waals surface area (Å²) in [5, 5.41) is 10.0. The van der Waals surface area contributed by atoms with E-state index in [1.54, 1.807) is 12.3 Å². The average Bonchev–Trinajstić information content (AvgIpc) is 3.14. The number of quaternary nitrogens is 1. The fraction of sp³-hybridized carbons (Fsp3) is 0.761. The number of carbonyl (C=O) groups excluding carboxylic acids is 1. The largest absolute Gasteiger partial charge is 0.498 e. The van der Waals surface area contributed by atoms with E-state index in [1.807, 2.05) is 63.7 Å². The first-order valence-electron chi connectivity index (χ1n) is 22.2. The fourth-order valence-electron chi connectivity index (χ4n) is 5.71. The molecule has 10 heteroatoms. The van der Waals surface area contributed by atoms with Crippen LogP contribution in [0.1, 0.15) is 168 Å². The molecule has 56 heavy (non-hydrogen) atoms. The molecule has 0 amide bonds. The zero-order valence-corrected chi connectivity index (χ0v) is 37.4. The van der Waals surface area contributed by atoms with Crippen molar-refractivity contribution in [3.05, 3.63) is 60.9 Å². The van der Waals surface area contributed by atoms with E-state index >= 15 is 0 Å². The molecule has 0 aromatic rings. The maximum absolute atomic E-state index is 12.7. The molecule has 0 heterocycles. The van der Waals surface area contributed by atoms with Gasteiger partial charge in [-0.05, 0) is 57.4 Å². The Balaban J connectivity index is 4.46. The molecule has 0 aliphatic carbocycles. The number of hydrogen-bond donors (Lipinski definition) is 2. The summed E-state index contributed by atoms with van der Waals surface area (Å²) in [5.41, 5.74) is 0. The van der Waals surface area contributed by atoms with Crippen molar-refractivity contribution in [3.63, 3.8) is 0 Å². The van der Waals surface area contributed by atoms with Crippen molar-refractivity contribution in [3.8, 4) is 0 Å². The lowest BCUT2D eigenvalue weighted by atomic mass is 10.0. The van der Waals surface area contributed by atoms with Crippen LogP contribution in [0, 0.1) is 0 Å². The molecule has 3 atom stereocenters. The molecule has 0 aromatic heterocycles. The molecule has 0 aromatic carbocycles. The predicted octanol–water partition coefficient (Wildman–Crippen LogP) is 12.3. The summed E-state index contributed by atoms with van der Waals surface area (Å²) >= 11 is 0. The van der Waals surface area contributed by atoms with E-state index in [-0.39, 0.29) is 26.2 Å². The van der Waals surface area contributed by atoms with Crippen LogP contribution >= 0.6 is 7.82 Å². The van der Waals surface area contributed by atoms with Crippen LogP contribution in [-0.2, 0) is 27.9 Å². The lowest BCUT2D eigenvalue weighted by Crippen LogP contribution is -2.37. The van der Waals surface area contributed by atoms with Gasteiger partial charge in [-0.2, -0.15) is 0 Å². The van der Waals surface area contributed by atoms with Gasteiger partial charge in [-0.3, -0.25) is 13.8 Å². The zero-order chi connectivity index (χ0) is 41.4. The Hall–Kier alpha value is -2.00. The molecule has 0 rings (SSSR count). The Bertz CT molecular complexity index is 1100. The zero-order valence-electron chi connectivity index (χ0n) is 36.5. The number of aliphatic hydroxyl groups is 1. The molecule has 326 valence electrons. The third kappa shape index (κ3) is 41.6. The van der Waals surface area contributed by atoms with Gasteiger partial charge in [-0.15, -0.1) is 0 Å². The van der Waals surface area contributed by atoms with Gasteiger partial charge in [0.25, 0.3) is 0 Å². The number of ether oxygens (including phenoxy) is 2. The number of carbonyl (C=O) groups is 1. The SMILES string of the molecule is CCCCC/C=C\CC(O)/C=C/C=C\C/C=C\CCCC(=O)OC(CO/C=C\CCCCCCCCCCCCCCCC)COP(=O)(O)OCC[N+](C)(C)C. The number of hydrogen-bond acceptors (Lipinski definition) is 7. The molecule has 0 fully saturated rings. The van der Waals surface area contributed by atoms with Crippen LogP contribution in [0.3, 0.4) is 0 Å². The quantitative estimate of drug-likeness (QED) is 0.0120. The number of nitrogens with zero attached hydrogens (tertiary/aromatic N) is 1. The Morgan fingerprint density at radius 2 is 1.21 bits per heavy atom. The number of phosphoric acid groups is 1. The highest BCUT2D eigenvalue weighted by molar-refractivity contribution is 7.47. The van der Waals surface area contributed by atoms with Gasteiger partial charge in [0.05, 0.1) is 40.1 Å². The number of unbranched alkanes of at least 4 members (excludes halogenated alkanes) is 18. The van der Waals surface area contributed by atoms with E-state index < -0.39 is 26.0 Å². The maximum Gasteiger partial charge on any atom is 0.472 e. The van der Waals surface area contributed by atoms with E-state index in [1.165, 1.54) is 103 Å². The van der Waals surface area contributed by atoms with Crippen molar-refractivity contribution in [1.82, 2.24) is 0 Å². The number of aliphatic hydroxyl groups excluding tert-OH is 1. The normalized spacial score (nSPS) is 14.8. The first kappa shape index (κ1) is 54.0. The smallest absolute Gasteiger partial charge is 0.472 e. The van der Waals surface area contributed by atoms with Crippen LogP contribution in [-0.4, -0.2) is 80.2 Å². The van der Waals surface area contributed by atoms with Crippen LogP contribution in [0.25, 0.3) is 0 Å². The van der Waals surface area contributed by atoms with Crippen LogP contribution in [0.2, 0.25) is 0 Å². The summed E-state index contributed by atoms with van der Waals surface area (Å²) in [6, 6.07) is 0. The van der Waals surface area contributed by atoms with Gasteiger partial charge in [-0.25, -0.2) is 4.57 Å². The number of phosphoric ester groups is 1. The summed E-state index contributed by atoms with van der Waals surface area (Å²) in [6.45, 7) is 4.74. The molecule has 0 radical (unpaired) electrons. The molecule has 0 saturated carbocycles. The average molecular weight is 811 g/mol. The third-order valence-electron chi connectivity index (χ3n) is 9.23. The molecule has 2 N–H and O–H groups in total. The maximum atomic E-state index is 12.7. The van der Waals surface area contributed by atoms with E-state index in [2.05, 4.69) is 19.9 Å². The molecule has 9 nitrogen and oxygen atoms in total. The standard InChI is InChI=1S/C46H84NO8P/c1-6-8-10-12-14-15-16-17-18-19-20-21-24-27-31-35-40-52-42-45(43-54-56(50,51)53-41-39-47(3,4)5)55-46(49)38-34-30-26-23-22-25-29-33-37-44(48)36-32-28-13-11-9-7-2/h23,25-26,28-29,32-33,35,37,40,44-45,48H,6-22,24,27,30-31,34,36,38-39,41-43H2,1-5H3/p+1/b26-23-,29-25-,32-28-,37-33+,40-35-. The van der Waals surface area contributed by atoms with Crippen molar-refractivity contribution < 1.29 is 42.4 Å².